The highest BCUT2D eigenvalue weighted by atomic mass is 16.6. The summed E-state index contributed by atoms with van der Waals surface area (Å²) in [5, 5.41) is 6.63. The zero-order valence-corrected chi connectivity index (χ0v) is 32.1. The SMILES string of the molecule is CCCC[C@@H](C[C@@H](CCc1ccc(-c2cc3ccccc3n2C(=O)OC(C)(C)C)cc1)C(=O)N[C@H](C(=O)NC)C(C)(C)C)C(=O)OC(C)(C)C. The highest BCUT2D eigenvalue weighted by Gasteiger charge is 2.36. The van der Waals surface area contributed by atoms with Crippen LogP contribution >= 0.6 is 0 Å². The monoisotopic (exact) mass is 689 g/mol. The predicted molar refractivity (Wildman–Crippen MR) is 200 cm³/mol. The Hall–Kier alpha value is -4.14. The molecule has 9 nitrogen and oxygen atoms in total. The molecule has 3 atom stereocenters. The number of nitrogens with one attached hydrogen (secondary N) is 2. The van der Waals surface area contributed by atoms with Crippen molar-refractivity contribution in [1.82, 2.24) is 15.2 Å². The van der Waals surface area contributed by atoms with Crippen LogP contribution in [0.2, 0.25) is 0 Å². The van der Waals surface area contributed by atoms with Crippen LogP contribution in [0.25, 0.3) is 22.2 Å². The lowest BCUT2D eigenvalue weighted by molar-refractivity contribution is -0.161. The number of fused-ring (bicyclic) bond motifs is 1. The molecule has 0 saturated carbocycles. The fourth-order valence-corrected chi connectivity index (χ4v) is 6.00. The molecule has 50 heavy (non-hydrogen) atoms. The van der Waals surface area contributed by atoms with Gasteiger partial charge in [-0.3, -0.25) is 14.4 Å². The minimum absolute atomic E-state index is 0.253. The van der Waals surface area contributed by atoms with Gasteiger partial charge in [-0.05, 0) is 95.9 Å². The van der Waals surface area contributed by atoms with Crippen molar-refractivity contribution in [3.8, 4) is 11.3 Å². The number of para-hydroxylation sites is 1. The van der Waals surface area contributed by atoms with Gasteiger partial charge >= 0.3 is 12.1 Å². The van der Waals surface area contributed by atoms with Crippen molar-refractivity contribution in [2.24, 2.45) is 17.3 Å². The van der Waals surface area contributed by atoms with Crippen molar-refractivity contribution in [3.63, 3.8) is 0 Å². The minimum Gasteiger partial charge on any atom is -0.460 e. The number of unbranched alkanes of at least 4 members (excludes halogenated alkanes) is 1. The molecule has 3 rings (SSSR count). The first-order valence-electron chi connectivity index (χ1n) is 17.9. The third-order valence-electron chi connectivity index (χ3n) is 8.57. The highest BCUT2D eigenvalue weighted by Crippen LogP contribution is 2.31. The molecule has 9 heteroatoms. The molecular weight excluding hydrogens is 630 g/mol. The number of ether oxygens (including phenoxy) is 2. The first kappa shape index (κ1) is 40.3. The Balaban J connectivity index is 1.92. The Bertz CT molecular complexity index is 1620. The van der Waals surface area contributed by atoms with E-state index in [4.69, 9.17) is 9.47 Å². The fourth-order valence-electron chi connectivity index (χ4n) is 6.00. The highest BCUT2D eigenvalue weighted by molar-refractivity contribution is 5.96. The molecule has 0 aliphatic heterocycles. The molecule has 0 saturated heterocycles. The van der Waals surface area contributed by atoms with Crippen LogP contribution < -0.4 is 10.6 Å². The van der Waals surface area contributed by atoms with Crippen molar-refractivity contribution < 1.29 is 28.7 Å². The van der Waals surface area contributed by atoms with Crippen molar-refractivity contribution >= 4 is 34.8 Å². The molecule has 0 radical (unpaired) electrons. The lowest BCUT2D eigenvalue weighted by atomic mass is 9.83. The molecular formula is C41H59N3O6. The lowest BCUT2D eigenvalue weighted by Gasteiger charge is -2.32. The van der Waals surface area contributed by atoms with Gasteiger partial charge < -0.3 is 20.1 Å². The average molecular weight is 690 g/mol. The molecule has 0 aliphatic rings. The summed E-state index contributed by atoms with van der Waals surface area (Å²) in [4.78, 5) is 53.6. The molecule has 2 aromatic carbocycles. The largest absolute Gasteiger partial charge is 0.460 e. The maximum Gasteiger partial charge on any atom is 0.419 e. The Morgan fingerprint density at radius 3 is 1.96 bits per heavy atom. The maximum atomic E-state index is 14.0. The van der Waals surface area contributed by atoms with E-state index in [0.717, 1.165) is 40.6 Å². The van der Waals surface area contributed by atoms with Crippen LogP contribution in [0.3, 0.4) is 0 Å². The van der Waals surface area contributed by atoms with E-state index in [0.29, 0.717) is 25.7 Å². The van der Waals surface area contributed by atoms with Crippen LogP contribution in [-0.2, 0) is 30.3 Å². The van der Waals surface area contributed by atoms with Crippen LogP contribution in [0.4, 0.5) is 4.79 Å². The third kappa shape index (κ3) is 11.5. The number of aromatic nitrogens is 1. The van der Waals surface area contributed by atoms with Gasteiger partial charge in [-0.1, -0.05) is 83.0 Å². The standard InChI is InChI=1S/C41H59N3O6/c1-12-13-16-31(37(47)49-40(5,6)7)25-30(35(45)43-34(36(46)42-11)39(2,3)4)24-21-27-19-22-28(23-20-27)33-26-29-17-14-15-18-32(29)44(33)38(48)50-41(8,9)10/h14-15,17-20,22-23,26,30-31,34H,12-13,16,21,24-25H2,1-11H3,(H,42,46)(H,43,45)/t30-,31+,34-/m1/s1. The van der Waals surface area contributed by atoms with Gasteiger partial charge in [0.1, 0.15) is 17.2 Å². The van der Waals surface area contributed by atoms with Crippen molar-refractivity contribution in [2.45, 2.75) is 125 Å². The average Bonchev–Trinajstić information content (AvgIpc) is 3.41. The van der Waals surface area contributed by atoms with E-state index >= 15 is 0 Å². The number of esters is 1. The molecule has 0 bridgehead atoms. The summed E-state index contributed by atoms with van der Waals surface area (Å²) in [6, 6.07) is 16.9. The van der Waals surface area contributed by atoms with Crippen LogP contribution in [0, 0.1) is 17.3 Å². The number of rotatable bonds is 13. The number of hydrogen-bond acceptors (Lipinski definition) is 6. The molecule has 0 unspecified atom stereocenters. The van der Waals surface area contributed by atoms with Crippen LogP contribution in [0.1, 0.15) is 107 Å². The number of carbonyl (C=O) groups is 4. The Morgan fingerprint density at radius 1 is 0.780 bits per heavy atom. The number of likely N-dealkylation sites (N-methyl/N-ethyl adjacent to an activating group) is 1. The first-order chi connectivity index (χ1) is 23.2. The molecule has 2 amide bonds. The molecule has 3 aromatic rings. The predicted octanol–water partition coefficient (Wildman–Crippen LogP) is 8.46. The zero-order chi connectivity index (χ0) is 37.4. The Labute approximate surface area is 298 Å². The molecule has 1 heterocycles. The second-order valence-corrected chi connectivity index (χ2v) is 16.4. The van der Waals surface area contributed by atoms with E-state index < -0.39 is 40.6 Å². The summed E-state index contributed by atoms with van der Waals surface area (Å²) in [5.41, 5.74) is 1.53. The molecule has 2 N–H and O–H groups in total. The van der Waals surface area contributed by atoms with E-state index in [1.54, 1.807) is 11.6 Å². The van der Waals surface area contributed by atoms with Gasteiger partial charge in [-0.15, -0.1) is 0 Å². The Morgan fingerprint density at radius 2 is 1.40 bits per heavy atom. The van der Waals surface area contributed by atoms with Gasteiger partial charge in [0.25, 0.3) is 0 Å². The summed E-state index contributed by atoms with van der Waals surface area (Å²) < 4.78 is 13.2. The van der Waals surface area contributed by atoms with Gasteiger partial charge in [-0.25, -0.2) is 9.36 Å². The molecule has 0 fully saturated rings. The van der Waals surface area contributed by atoms with Gasteiger partial charge in [0.2, 0.25) is 11.8 Å². The van der Waals surface area contributed by atoms with Gasteiger partial charge in [0, 0.05) is 18.4 Å². The van der Waals surface area contributed by atoms with E-state index in [1.165, 1.54) is 0 Å². The van der Waals surface area contributed by atoms with Gasteiger partial charge in [-0.2, -0.15) is 0 Å². The Kier molecular flexibility index (Phi) is 13.5. The summed E-state index contributed by atoms with van der Waals surface area (Å²) in [6.45, 7) is 18.9. The van der Waals surface area contributed by atoms with E-state index in [2.05, 4.69) is 17.6 Å². The first-order valence-corrected chi connectivity index (χ1v) is 17.9. The molecule has 274 valence electrons. The van der Waals surface area contributed by atoms with Crippen LogP contribution in [-0.4, -0.2) is 52.7 Å². The second-order valence-electron chi connectivity index (χ2n) is 16.4. The van der Waals surface area contributed by atoms with Crippen molar-refractivity contribution in [2.75, 3.05) is 7.05 Å². The number of aryl methyl sites for hydroxylation is 1. The quantitative estimate of drug-likeness (QED) is 0.174. The fraction of sp³-hybridized carbons (Fsp3) is 0.561. The van der Waals surface area contributed by atoms with E-state index in [1.807, 2.05) is 117 Å². The normalized spacial score (nSPS) is 14.1. The summed E-state index contributed by atoms with van der Waals surface area (Å²) in [5.74, 6) is -1.80. The number of nitrogens with zero attached hydrogens (tertiary/aromatic N) is 1. The van der Waals surface area contributed by atoms with Gasteiger partial charge in [0.05, 0.1) is 17.1 Å². The number of amides is 2. The minimum atomic E-state index is -0.742. The van der Waals surface area contributed by atoms with E-state index in [-0.39, 0.29) is 17.8 Å². The van der Waals surface area contributed by atoms with Gasteiger partial charge in [0.15, 0.2) is 0 Å². The number of hydrogen-bond donors (Lipinski definition) is 2. The summed E-state index contributed by atoms with van der Waals surface area (Å²) in [6.07, 6.45) is 3.29. The second kappa shape index (κ2) is 16.7. The zero-order valence-electron chi connectivity index (χ0n) is 32.1. The number of carbonyl (C=O) groups excluding carboxylic acids is 4. The smallest absolute Gasteiger partial charge is 0.419 e. The van der Waals surface area contributed by atoms with Crippen molar-refractivity contribution in [1.29, 1.82) is 0 Å². The van der Waals surface area contributed by atoms with E-state index in [9.17, 15) is 19.2 Å². The maximum absolute atomic E-state index is 14.0. The summed E-state index contributed by atoms with van der Waals surface area (Å²) >= 11 is 0. The number of benzene rings is 2. The van der Waals surface area contributed by atoms with Crippen LogP contribution in [0.5, 0.6) is 0 Å². The van der Waals surface area contributed by atoms with Crippen LogP contribution in [0.15, 0.2) is 54.6 Å². The summed E-state index contributed by atoms with van der Waals surface area (Å²) in [7, 11) is 1.56. The molecule has 0 spiro atoms. The molecule has 0 aliphatic carbocycles. The van der Waals surface area contributed by atoms with Crippen molar-refractivity contribution in [3.05, 3.63) is 60.2 Å². The molecule has 1 aromatic heterocycles. The topological polar surface area (TPSA) is 116 Å². The lowest BCUT2D eigenvalue weighted by Crippen LogP contribution is -2.54. The third-order valence-corrected chi connectivity index (χ3v) is 8.57.